The Morgan fingerprint density at radius 1 is 1.24 bits per heavy atom. The van der Waals surface area contributed by atoms with Crippen LogP contribution >= 0.6 is 11.6 Å². The third kappa shape index (κ3) is 4.07. The number of hydrogen-bond acceptors (Lipinski definition) is 2. The van der Waals surface area contributed by atoms with Crippen molar-refractivity contribution in [2.24, 2.45) is 0 Å². The van der Waals surface area contributed by atoms with Gasteiger partial charge in [-0.3, -0.25) is 0 Å². The van der Waals surface area contributed by atoms with Gasteiger partial charge >= 0.3 is 5.97 Å². The fourth-order valence-corrected chi connectivity index (χ4v) is 1.97. The average molecular weight is 307 g/mol. The van der Waals surface area contributed by atoms with Gasteiger partial charge in [-0.15, -0.1) is 0 Å². The van der Waals surface area contributed by atoms with Crippen LogP contribution in [0.25, 0.3) is 6.08 Å². The summed E-state index contributed by atoms with van der Waals surface area (Å²) in [5.41, 5.74) is 0.909. The van der Waals surface area contributed by atoms with Crippen molar-refractivity contribution in [3.63, 3.8) is 0 Å². The van der Waals surface area contributed by atoms with Gasteiger partial charge < -0.3 is 9.84 Å². The number of carbonyl (C=O) groups is 1. The highest BCUT2D eigenvalue weighted by Crippen LogP contribution is 2.30. The molecule has 0 saturated carbocycles. The molecule has 0 atom stereocenters. The highest BCUT2D eigenvalue weighted by atomic mass is 35.5. The van der Waals surface area contributed by atoms with Crippen molar-refractivity contribution in [1.82, 2.24) is 0 Å². The molecule has 0 bridgehead atoms. The fourth-order valence-electron chi connectivity index (χ4n) is 1.74. The van der Waals surface area contributed by atoms with Crippen LogP contribution in [-0.4, -0.2) is 11.1 Å². The monoisotopic (exact) mass is 306 g/mol. The maximum absolute atomic E-state index is 13.5. The van der Waals surface area contributed by atoms with Crippen LogP contribution in [0.2, 0.25) is 5.02 Å². The Morgan fingerprint density at radius 3 is 2.71 bits per heavy atom. The van der Waals surface area contributed by atoms with Crippen molar-refractivity contribution in [3.8, 4) is 5.75 Å². The first kappa shape index (κ1) is 15.1. The SMILES string of the molecule is O=C(O)/C=C/c1cccc(Cl)c1OCc1ccccc1F. The minimum absolute atomic E-state index is 0.00428. The Hall–Kier alpha value is -2.33. The van der Waals surface area contributed by atoms with Crippen LogP contribution in [0, 0.1) is 5.82 Å². The molecule has 0 aliphatic heterocycles. The number of para-hydroxylation sites is 1. The van der Waals surface area contributed by atoms with Crippen molar-refractivity contribution in [2.45, 2.75) is 6.61 Å². The van der Waals surface area contributed by atoms with E-state index >= 15 is 0 Å². The molecule has 1 N–H and O–H groups in total. The number of benzene rings is 2. The first-order valence-corrected chi connectivity index (χ1v) is 6.51. The van der Waals surface area contributed by atoms with Crippen LogP contribution in [0.3, 0.4) is 0 Å². The summed E-state index contributed by atoms with van der Waals surface area (Å²) < 4.78 is 19.1. The van der Waals surface area contributed by atoms with Gasteiger partial charge in [0.2, 0.25) is 0 Å². The van der Waals surface area contributed by atoms with E-state index < -0.39 is 5.97 Å². The first-order chi connectivity index (χ1) is 10.1. The van der Waals surface area contributed by atoms with E-state index in [0.717, 1.165) is 6.08 Å². The van der Waals surface area contributed by atoms with E-state index in [4.69, 9.17) is 21.4 Å². The lowest BCUT2D eigenvalue weighted by Gasteiger charge is -2.11. The van der Waals surface area contributed by atoms with Crippen LogP contribution in [0.5, 0.6) is 5.75 Å². The zero-order valence-corrected chi connectivity index (χ0v) is 11.7. The molecule has 0 saturated heterocycles. The average Bonchev–Trinajstić information content (AvgIpc) is 2.45. The summed E-state index contributed by atoms with van der Waals surface area (Å²) in [5, 5.41) is 9.00. The van der Waals surface area contributed by atoms with E-state index in [1.165, 1.54) is 12.1 Å². The highest BCUT2D eigenvalue weighted by Gasteiger charge is 2.08. The molecule has 0 radical (unpaired) electrons. The van der Waals surface area contributed by atoms with Gasteiger partial charge in [0.1, 0.15) is 18.2 Å². The predicted octanol–water partition coefficient (Wildman–Crippen LogP) is 4.16. The molecule has 2 aromatic rings. The van der Waals surface area contributed by atoms with Crippen molar-refractivity contribution in [1.29, 1.82) is 0 Å². The molecule has 2 aromatic carbocycles. The fraction of sp³-hybridized carbons (Fsp3) is 0.0625. The van der Waals surface area contributed by atoms with Gasteiger partial charge in [0.15, 0.2) is 0 Å². The van der Waals surface area contributed by atoms with Gasteiger partial charge in [0.05, 0.1) is 5.02 Å². The maximum Gasteiger partial charge on any atom is 0.328 e. The summed E-state index contributed by atoms with van der Waals surface area (Å²) in [6.45, 7) is 0.00428. The Balaban J connectivity index is 2.23. The molecule has 5 heteroatoms. The van der Waals surface area contributed by atoms with E-state index in [2.05, 4.69) is 0 Å². The van der Waals surface area contributed by atoms with Crippen LogP contribution in [0.15, 0.2) is 48.5 Å². The lowest BCUT2D eigenvalue weighted by Crippen LogP contribution is -2.00. The Labute approximate surface area is 126 Å². The third-order valence-electron chi connectivity index (χ3n) is 2.73. The minimum Gasteiger partial charge on any atom is -0.487 e. The third-order valence-corrected chi connectivity index (χ3v) is 3.03. The molecule has 108 valence electrons. The molecule has 0 unspecified atom stereocenters. The van der Waals surface area contributed by atoms with E-state index in [0.29, 0.717) is 21.9 Å². The summed E-state index contributed by atoms with van der Waals surface area (Å²) in [4.78, 5) is 10.6. The molecule has 0 heterocycles. The first-order valence-electron chi connectivity index (χ1n) is 6.13. The van der Waals surface area contributed by atoms with E-state index in [9.17, 15) is 9.18 Å². The molecule has 21 heavy (non-hydrogen) atoms. The zero-order valence-electron chi connectivity index (χ0n) is 10.9. The number of rotatable bonds is 5. The second-order valence-electron chi connectivity index (χ2n) is 4.21. The van der Waals surface area contributed by atoms with E-state index in [-0.39, 0.29) is 12.4 Å². The quantitative estimate of drug-likeness (QED) is 0.844. The molecule has 2 rings (SSSR count). The molecule has 0 fully saturated rings. The van der Waals surface area contributed by atoms with E-state index in [1.807, 2.05) is 0 Å². The number of halogens is 2. The highest BCUT2D eigenvalue weighted by molar-refractivity contribution is 6.32. The second-order valence-corrected chi connectivity index (χ2v) is 4.62. The smallest absolute Gasteiger partial charge is 0.328 e. The molecule has 0 aliphatic rings. The zero-order chi connectivity index (χ0) is 15.2. The van der Waals surface area contributed by atoms with Gasteiger partial charge in [0, 0.05) is 17.2 Å². The number of carboxylic acid groups (broad SMARTS) is 1. The Bertz CT molecular complexity index is 683. The Kier molecular flexibility index (Phi) is 4.95. The molecule has 0 aromatic heterocycles. The van der Waals surface area contributed by atoms with Gasteiger partial charge in [-0.25, -0.2) is 9.18 Å². The summed E-state index contributed by atoms with van der Waals surface area (Å²) in [6.07, 6.45) is 2.37. The number of aliphatic carboxylic acids is 1. The lowest BCUT2D eigenvalue weighted by atomic mass is 10.2. The molecular weight excluding hydrogens is 295 g/mol. The van der Waals surface area contributed by atoms with Crippen LogP contribution < -0.4 is 4.74 Å². The second kappa shape index (κ2) is 6.90. The van der Waals surface area contributed by atoms with Crippen molar-refractivity contribution < 1.29 is 19.0 Å². The summed E-state index contributed by atoms with van der Waals surface area (Å²) >= 11 is 6.05. The van der Waals surface area contributed by atoms with Crippen molar-refractivity contribution in [3.05, 3.63) is 70.5 Å². The van der Waals surface area contributed by atoms with Gasteiger partial charge in [-0.05, 0) is 18.2 Å². The topological polar surface area (TPSA) is 46.5 Å². The summed E-state index contributed by atoms with van der Waals surface area (Å²) in [5.74, 6) is -1.12. The molecule has 3 nitrogen and oxygen atoms in total. The van der Waals surface area contributed by atoms with Gasteiger partial charge in [-0.2, -0.15) is 0 Å². The minimum atomic E-state index is -1.07. The van der Waals surface area contributed by atoms with Crippen molar-refractivity contribution >= 4 is 23.6 Å². The lowest BCUT2D eigenvalue weighted by molar-refractivity contribution is -0.131. The van der Waals surface area contributed by atoms with Crippen LogP contribution in [0.1, 0.15) is 11.1 Å². The van der Waals surface area contributed by atoms with Crippen LogP contribution in [0.4, 0.5) is 4.39 Å². The van der Waals surface area contributed by atoms with Crippen molar-refractivity contribution in [2.75, 3.05) is 0 Å². The summed E-state index contributed by atoms with van der Waals surface area (Å²) in [6, 6.07) is 11.2. The molecule has 0 spiro atoms. The number of hydrogen-bond donors (Lipinski definition) is 1. The molecular formula is C16H12ClFO3. The number of carboxylic acids is 1. The van der Waals surface area contributed by atoms with Crippen LogP contribution in [-0.2, 0) is 11.4 Å². The largest absolute Gasteiger partial charge is 0.487 e. The van der Waals surface area contributed by atoms with Gasteiger partial charge in [0.25, 0.3) is 0 Å². The van der Waals surface area contributed by atoms with Gasteiger partial charge in [-0.1, -0.05) is 41.9 Å². The predicted molar refractivity (Wildman–Crippen MR) is 78.9 cm³/mol. The maximum atomic E-state index is 13.5. The summed E-state index contributed by atoms with van der Waals surface area (Å²) in [7, 11) is 0. The molecule has 0 aliphatic carbocycles. The normalized spacial score (nSPS) is 10.8. The molecule has 0 amide bonds. The van der Waals surface area contributed by atoms with E-state index in [1.54, 1.807) is 36.4 Å². The Morgan fingerprint density at radius 2 is 2.00 bits per heavy atom. The number of ether oxygens (including phenoxy) is 1. The standard InChI is InChI=1S/C16H12ClFO3/c17-13-6-3-5-11(8-9-15(19)20)16(13)21-10-12-4-1-2-7-14(12)18/h1-9H,10H2,(H,19,20)/b9-8+.